The molecule has 0 amide bonds. The summed E-state index contributed by atoms with van der Waals surface area (Å²) in [6, 6.07) is 4.99. The molecule has 0 aliphatic carbocycles. The molecule has 0 aromatic carbocycles. The molecule has 3 heteroatoms. The predicted octanol–water partition coefficient (Wildman–Crippen LogP) is 3.20. The van der Waals surface area contributed by atoms with Gasteiger partial charge in [0.05, 0.1) is 0 Å². The third-order valence-corrected chi connectivity index (χ3v) is 5.02. The summed E-state index contributed by atoms with van der Waals surface area (Å²) in [6.45, 7) is 11.8. The number of nitrogens with zero attached hydrogens (tertiary/aromatic N) is 1. The largest absolute Gasteiger partial charge is 0.310 e. The van der Waals surface area contributed by atoms with E-state index < -0.39 is 0 Å². The number of hydrogen-bond donors (Lipinski definition) is 1. The highest BCUT2D eigenvalue weighted by molar-refractivity contribution is 7.09. The van der Waals surface area contributed by atoms with E-state index in [-0.39, 0.29) is 0 Å². The number of rotatable bonds is 6. The van der Waals surface area contributed by atoms with Gasteiger partial charge in [0.2, 0.25) is 0 Å². The van der Waals surface area contributed by atoms with Crippen LogP contribution >= 0.6 is 11.3 Å². The van der Waals surface area contributed by atoms with Gasteiger partial charge in [-0.3, -0.25) is 4.90 Å². The Kier molecular flexibility index (Phi) is 5.22. The molecule has 1 aliphatic heterocycles. The van der Waals surface area contributed by atoms with Crippen LogP contribution in [0.5, 0.6) is 0 Å². The molecule has 2 unspecified atom stereocenters. The Morgan fingerprint density at radius 1 is 1.44 bits per heavy atom. The van der Waals surface area contributed by atoms with Crippen LogP contribution in [0.25, 0.3) is 0 Å². The third-order valence-electron chi connectivity index (χ3n) is 4.14. The van der Waals surface area contributed by atoms with E-state index in [2.05, 4.69) is 48.5 Å². The number of hydrogen-bond acceptors (Lipinski definition) is 3. The molecule has 1 N–H and O–H groups in total. The average Bonchev–Trinajstić information content (AvgIpc) is 2.99. The second-order valence-corrected chi connectivity index (χ2v) is 6.88. The lowest BCUT2D eigenvalue weighted by molar-refractivity contribution is 0.233. The third kappa shape index (κ3) is 3.81. The predicted molar refractivity (Wildman–Crippen MR) is 80.0 cm³/mol. The molecule has 2 atom stereocenters. The maximum absolute atomic E-state index is 3.58. The summed E-state index contributed by atoms with van der Waals surface area (Å²) in [4.78, 5) is 4.08. The number of thiophene rings is 1. The fourth-order valence-electron chi connectivity index (χ4n) is 2.71. The van der Waals surface area contributed by atoms with Gasteiger partial charge in [0, 0.05) is 30.6 Å². The standard InChI is InChI=1S/C15H26N2S/c1-12(2)14-6-7-17(11-14)13(3)9-16-10-15-5-4-8-18-15/h4-5,8,12-14,16H,6-7,9-11H2,1-3H3. The minimum absolute atomic E-state index is 0.661. The van der Waals surface area contributed by atoms with Gasteiger partial charge in [-0.15, -0.1) is 11.3 Å². The van der Waals surface area contributed by atoms with Crippen LogP contribution in [0.3, 0.4) is 0 Å². The Balaban J connectivity index is 1.67. The molecule has 2 heterocycles. The summed E-state index contributed by atoms with van der Waals surface area (Å²) >= 11 is 1.84. The SMILES string of the molecule is CC(C)C1CCN(C(C)CNCc2cccs2)C1. The first kappa shape index (κ1) is 14.0. The van der Waals surface area contributed by atoms with E-state index in [1.54, 1.807) is 0 Å². The van der Waals surface area contributed by atoms with E-state index in [0.717, 1.165) is 24.9 Å². The van der Waals surface area contributed by atoms with Gasteiger partial charge in [-0.1, -0.05) is 19.9 Å². The molecule has 1 saturated heterocycles. The minimum atomic E-state index is 0.661. The summed E-state index contributed by atoms with van der Waals surface area (Å²) in [7, 11) is 0. The normalized spacial score (nSPS) is 22.8. The van der Waals surface area contributed by atoms with Crippen molar-refractivity contribution in [1.82, 2.24) is 10.2 Å². The molecule has 1 aliphatic rings. The van der Waals surface area contributed by atoms with E-state index in [9.17, 15) is 0 Å². The van der Waals surface area contributed by atoms with Crippen LogP contribution in [0.2, 0.25) is 0 Å². The molecule has 1 aromatic rings. The Morgan fingerprint density at radius 3 is 2.89 bits per heavy atom. The molecule has 18 heavy (non-hydrogen) atoms. The molecular formula is C15H26N2S. The van der Waals surface area contributed by atoms with Crippen molar-refractivity contribution in [3.8, 4) is 0 Å². The number of likely N-dealkylation sites (tertiary alicyclic amines) is 1. The highest BCUT2D eigenvalue weighted by Crippen LogP contribution is 2.24. The van der Waals surface area contributed by atoms with Gasteiger partial charge in [0.15, 0.2) is 0 Å². The van der Waals surface area contributed by atoms with Crippen molar-refractivity contribution in [3.05, 3.63) is 22.4 Å². The monoisotopic (exact) mass is 266 g/mol. The van der Waals surface area contributed by atoms with Crippen LogP contribution in [-0.2, 0) is 6.54 Å². The first-order chi connectivity index (χ1) is 8.66. The smallest absolute Gasteiger partial charge is 0.0300 e. The van der Waals surface area contributed by atoms with Crippen molar-refractivity contribution in [3.63, 3.8) is 0 Å². The summed E-state index contributed by atoms with van der Waals surface area (Å²) in [5.41, 5.74) is 0. The Bertz CT molecular complexity index is 334. The molecule has 0 spiro atoms. The molecular weight excluding hydrogens is 240 g/mol. The summed E-state index contributed by atoms with van der Waals surface area (Å²) < 4.78 is 0. The topological polar surface area (TPSA) is 15.3 Å². The van der Waals surface area contributed by atoms with Crippen LogP contribution < -0.4 is 5.32 Å². The molecule has 2 nitrogen and oxygen atoms in total. The van der Waals surface area contributed by atoms with Crippen molar-refractivity contribution in [2.24, 2.45) is 11.8 Å². The average molecular weight is 266 g/mol. The van der Waals surface area contributed by atoms with Crippen LogP contribution in [-0.4, -0.2) is 30.6 Å². The van der Waals surface area contributed by atoms with Crippen molar-refractivity contribution in [2.45, 2.75) is 39.8 Å². The van der Waals surface area contributed by atoms with Gasteiger partial charge in [-0.2, -0.15) is 0 Å². The highest BCUT2D eigenvalue weighted by Gasteiger charge is 2.27. The first-order valence-electron chi connectivity index (χ1n) is 7.14. The molecule has 102 valence electrons. The van der Waals surface area contributed by atoms with E-state index in [4.69, 9.17) is 0 Å². The zero-order valence-corrected chi connectivity index (χ0v) is 12.7. The maximum Gasteiger partial charge on any atom is 0.0300 e. The zero-order chi connectivity index (χ0) is 13.0. The zero-order valence-electron chi connectivity index (χ0n) is 11.9. The summed E-state index contributed by atoms with van der Waals surface area (Å²) in [5, 5.41) is 5.72. The van der Waals surface area contributed by atoms with Gasteiger partial charge in [0.1, 0.15) is 0 Å². The molecule has 0 radical (unpaired) electrons. The molecule has 0 bridgehead atoms. The first-order valence-corrected chi connectivity index (χ1v) is 8.02. The maximum atomic E-state index is 3.58. The van der Waals surface area contributed by atoms with Gasteiger partial charge in [0.25, 0.3) is 0 Å². The van der Waals surface area contributed by atoms with Crippen molar-refractivity contribution < 1.29 is 0 Å². The minimum Gasteiger partial charge on any atom is -0.310 e. The lowest BCUT2D eigenvalue weighted by Crippen LogP contribution is -2.39. The van der Waals surface area contributed by atoms with Crippen LogP contribution in [0, 0.1) is 11.8 Å². The number of nitrogens with one attached hydrogen (secondary N) is 1. The van der Waals surface area contributed by atoms with Crippen LogP contribution in [0.15, 0.2) is 17.5 Å². The van der Waals surface area contributed by atoms with E-state index in [1.165, 1.54) is 24.4 Å². The highest BCUT2D eigenvalue weighted by atomic mass is 32.1. The molecule has 1 fully saturated rings. The van der Waals surface area contributed by atoms with E-state index in [1.807, 2.05) is 11.3 Å². The van der Waals surface area contributed by atoms with Crippen LogP contribution in [0.4, 0.5) is 0 Å². The lowest BCUT2D eigenvalue weighted by atomic mass is 9.95. The van der Waals surface area contributed by atoms with Gasteiger partial charge < -0.3 is 5.32 Å². The Labute approximate surface area is 115 Å². The van der Waals surface area contributed by atoms with Crippen molar-refractivity contribution in [2.75, 3.05) is 19.6 Å². The fraction of sp³-hybridized carbons (Fsp3) is 0.733. The summed E-state index contributed by atoms with van der Waals surface area (Å²) in [6.07, 6.45) is 1.38. The second kappa shape index (κ2) is 6.69. The molecule has 0 saturated carbocycles. The Morgan fingerprint density at radius 2 is 2.28 bits per heavy atom. The summed E-state index contributed by atoms with van der Waals surface area (Å²) in [5.74, 6) is 1.74. The van der Waals surface area contributed by atoms with Gasteiger partial charge in [-0.25, -0.2) is 0 Å². The van der Waals surface area contributed by atoms with Gasteiger partial charge >= 0.3 is 0 Å². The van der Waals surface area contributed by atoms with Gasteiger partial charge in [-0.05, 0) is 43.2 Å². The fourth-order valence-corrected chi connectivity index (χ4v) is 3.38. The Hall–Kier alpha value is -0.380. The van der Waals surface area contributed by atoms with E-state index in [0.29, 0.717) is 6.04 Å². The molecule has 1 aromatic heterocycles. The van der Waals surface area contributed by atoms with Crippen molar-refractivity contribution in [1.29, 1.82) is 0 Å². The second-order valence-electron chi connectivity index (χ2n) is 5.85. The van der Waals surface area contributed by atoms with Crippen molar-refractivity contribution >= 4 is 11.3 Å². The van der Waals surface area contributed by atoms with Crippen LogP contribution in [0.1, 0.15) is 32.1 Å². The molecule has 2 rings (SSSR count). The lowest BCUT2D eigenvalue weighted by Gasteiger charge is -2.25. The quantitative estimate of drug-likeness (QED) is 0.850. The van der Waals surface area contributed by atoms with E-state index >= 15 is 0 Å².